The number of benzene rings is 2. The van der Waals surface area contributed by atoms with Crippen LogP contribution in [0.4, 0.5) is 16.2 Å². The molecule has 0 aliphatic heterocycles. The molecule has 3 rings (SSSR count). The van der Waals surface area contributed by atoms with E-state index in [1.54, 1.807) is 43.5 Å². The van der Waals surface area contributed by atoms with Gasteiger partial charge < -0.3 is 30.7 Å². The number of rotatable bonds is 12. The molecule has 10 heteroatoms. The quantitative estimate of drug-likeness (QED) is 0.220. The Hall–Kier alpha value is -4.60. The van der Waals surface area contributed by atoms with Crippen molar-refractivity contribution in [3.05, 3.63) is 77.6 Å². The third-order valence-electron chi connectivity index (χ3n) is 6.22. The van der Waals surface area contributed by atoms with E-state index in [1.165, 1.54) is 12.4 Å². The summed E-state index contributed by atoms with van der Waals surface area (Å²) >= 11 is 0. The summed E-state index contributed by atoms with van der Waals surface area (Å²) in [6, 6.07) is 13.5. The molecule has 4 N–H and O–H groups in total. The molecule has 41 heavy (non-hydrogen) atoms. The van der Waals surface area contributed by atoms with Gasteiger partial charge in [0.1, 0.15) is 18.1 Å². The first-order chi connectivity index (χ1) is 19.6. The third-order valence-corrected chi connectivity index (χ3v) is 6.22. The number of ether oxygens (including phenoxy) is 2. The number of aromatic nitrogens is 1. The number of hydrogen-bond donors (Lipinski definition) is 4. The molecule has 0 bridgehead atoms. The van der Waals surface area contributed by atoms with Crippen LogP contribution in [0.1, 0.15) is 66.8 Å². The topological polar surface area (TPSA) is 131 Å². The van der Waals surface area contributed by atoms with Crippen LogP contribution in [0.3, 0.4) is 0 Å². The number of nitrogens with zero attached hydrogens (tertiary/aromatic N) is 1. The number of urea groups is 1. The van der Waals surface area contributed by atoms with E-state index < -0.39 is 5.91 Å². The van der Waals surface area contributed by atoms with Gasteiger partial charge in [0.25, 0.3) is 11.8 Å². The van der Waals surface area contributed by atoms with Crippen molar-refractivity contribution in [2.45, 2.75) is 46.0 Å². The number of unbranched alkanes of at least 4 members (excludes halogenated alkanes) is 1. The summed E-state index contributed by atoms with van der Waals surface area (Å²) in [6.45, 7) is 9.33. The Morgan fingerprint density at radius 2 is 1.59 bits per heavy atom. The van der Waals surface area contributed by atoms with Crippen molar-refractivity contribution in [1.29, 1.82) is 0 Å². The normalized spacial score (nSPS) is 10.9. The van der Waals surface area contributed by atoms with Crippen molar-refractivity contribution in [3.8, 4) is 11.5 Å². The number of carbonyl (C=O) groups excluding carboxylic acids is 3. The number of amides is 4. The molecule has 4 amide bonds. The monoisotopic (exact) mass is 561 g/mol. The maximum absolute atomic E-state index is 13.4. The summed E-state index contributed by atoms with van der Waals surface area (Å²) in [5.41, 5.74) is 2.28. The van der Waals surface area contributed by atoms with Gasteiger partial charge in [-0.05, 0) is 59.9 Å². The lowest BCUT2D eigenvalue weighted by molar-refractivity contribution is 0.101. The van der Waals surface area contributed by atoms with Crippen molar-refractivity contribution < 1.29 is 23.9 Å². The van der Waals surface area contributed by atoms with Gasteiger partial charge in [0, 0.05) is 18.3 Å². The van der Waals surface area contributed by atoms with Gasteiger partial charge in [-0.15, -0.1) is 0 Å². The molecule has 0 aliphatic rings. The summed E-state index contributed by atoms with van der Waals surface area (Å²) in [5.74, 6) is 0.246. The highest BCUT2D eigenvalue weighted by molar-refractivity contribution is 6.10. The molecular weight excluding hydrogens is 522 g/mol. The maximum Gasteiger partial charge on any atom is 0.314 e. The molecule has 10 nitrogen and oxygen atoms in total. The second-order valence-corrected chi connectivity index (χ2v) is 10.4. The van der Waals surface area contributed by atoms with Gasteiger partial charge in [-0.3, -0.25) is 14.6 Å². The van der Waals surface area contributed by atoms with Crippen LogP contribution >= 0.6 is 0 Å². The fourth-order valence-electron chi connectivity index (χ4n) is 3.79. The van der Waals surface area contributed by atoms with Gasteiger partial charge in [0.2, 0.25) is 0 Å². The maximum atomic E-state index is 13.4. The molecular formula is C31H39N5O5. The van der Waals surface area contributed by atoms with Crippen molar-refractivity contribution in [2.24, 2.45) is 0 Å². The van der Waals surface area contributed by atoms with E-state index >= 15 is 0 Å². The number of pyridine rings is 1. The Balaban J connectivity index is 1.73. The smallest absolute Gasteiger partial charge is 0.314 e. The van der Waals surface area contributed by atoms with Crippen LogP contribution in [0, 0.1) is 0 Å². The molecule has 0 aliphatic carbocycles. The fourth-order valence-corrected chi connectivity index (χ4v) is 3.79. The Morgan fingerprint density at radius 3 is 2.27 bits per heavy atom. The minimum absolute atomic E-state index is 0.172. The Kier molecular flexibility index (Phi) is 11.1. The zero-order valence-corrected chi connectivity index (χ0v) is 24.3. The van der Waals surface area contributed by atoms with Crippen molar-refractivity contribution in [1.82, 2.24) is 15.6 Å². The first-order valence-corrected chi connectivity index (χ1v) is 13.6. The van der Waals surface area contributed by atoms with Crippen molar-refractivity contribution in [2.75, 3.05) is 37.4 Å². The van der Waals surface area contributed by atoms with Crippen LogP contribution in [0.25, 0.3) is 0 Å². The van der Waals surface area contributed by atoms with E-state index in [9.17, 15) is 14.4 Å². The number of hydrogen-bond acceptors (Lipinski definition) is 6. The molecule has 0 radical (unpaired) electrons. The molecule has 0 spiro atoms. The Morgan fingerprint density at radius 1 is 0.878 bits per heavy atom. The van der Waals surface area contributed by atoms with E-state index in [4.69, 9.17) is 9.47 Å². The summed E-state index contributed by atoms with van der Waals surface area (Å²) in [6.07, 6.45) is 4.89. The molecule has 0 unspecified atom stereocenters. The zero-order valence-electron chi connectivity index (χ0n) is 24.3. The zero-order chi connectivity index (χ0) is 29.8. The lowest BCUT2D eigenvalue weighted by atomic mass is 9.86. The minimum atomic E-state index is -0.420. The van der Waals surface area contributed by atoms with Crippen LogP contribution in [0.2, 0.25) is 0 Å². The number of anilines is 2. The summed E-state index contributed by atoms with van der Waals surface area (Å²) in [5, 5.41) is 11.2. The predicted octanol–water partition coefficient (Wildman–Crippen LogP) is 5.37. The molecule has 218 valence electrons. The van der Waals surface area contributed by atoms with Crippen LogP contribution in [-0.4, -0.2) is 49.6 Å². The van der Waals surface area contributed by atoms with Gasteiger partial charge in [0.05, 0.1) is 36.8 Å². The highest BCUT2D eigenvalue weighted by Gasteiger charge is 2.20. The van der Waals surface area contributed by atoms with E-state index in [0.717, 1.165) is 18.4 Å². The highest BCUT2D eigenvalue weighted by atomic mass is 16.5. The Bertz CT molecular complexity index is 1340. The lowest BCUT2D eigenvalue weighted by Crippen LogP contribution is -2.38. The molecule has 2 aromatic carbocycles. The number of nitrogens with one attached hydrogen (secondary N) is 4. The lowest BCUT2D eigenvalue weighted by Gasteiger charge is -2.21. The van der Waals surface area contributed by atoms with Crippen LogP contribution < -0.4 is 30.7 Å². The molecule has 0 saturated carbocycles. The summed E-state index contributed by atoms with van der Waals surface area (Å²) in [7, 11) is 1.55. The van der Waals surface area contributed by atoms with Crippen LogP contribution in [0.15, 0.2) is 60.9 Å². The van der Waals surface area contributed by atoms with Crippen molar-refractivity contribution in [3.63, 3.8) is 0 Å². The fraction of sp³-hybridized carbons (Fsp3) is 0.355. The molecule has 1 heterocycles. The average molecular weight is 562 g/mol. The number of methoxy groups -OCH3 is 1. The third kappa shape index (κ3) is 9.23. The van der Waals surface area contributed by atoms with Gasteiger partial charge in [-0.2, -0.15) is 0 Å². The minimum Gasteiger partial charge on any atom is -0.497 e. The standard InChI is InChI=1S/C31H39N5O5/c1-6-7-15-33-30(39)34-17-18-41-27-19-22(31(2,3)4)10-13-24(27)29(38)35-25-14-16-32-20-26(25)36-28(37)21-8-11-23(40-5)12-9-21/h8-14,16,19-20H,6-7,15,17-18H2,1-5H3,(H,36,37)(H,32,35,38)(H2,33,34,39). The second kappa shape index (κ2) is 14.7. The molecule has 0 atom stereocenters. The molecule has 0 fully saturated rings. The predicted molar refractivity (Wildman–Crippen MR) is 160 cm³/mol. The van der Waals surface area contributed by atoms with E-state index in [1.807, 2.05) is 12.1 Å². The first kappa shape index (κ1) is 30.9. The molecule has 3 aromatic rings. The second-order valence-electron chi connectivity index (χ2n) is 10.4. The Labute approximate surface area is 241 Å². The summed E-state index contributed by atoms with van der Waals surface area (Å²) < 4.78 is 11.1. The van der Waals surface area contributed by atoms with Crippen LogP contribution in [0.5, 0.6) is 11.5 Å². The van der Waals surface area contributed by atoms with E-state index in [2.05, 4.69) is 53.9 Å². The van der Waals surface area contributed by atoms with E-state index in [0.29, 0.717) is 40.5 Å². The van der Waals surface area contributed by atoms with Gasteiger partial charge in [-0.1, -0.05) is 40.2 Å². The molecule has 1 aromatic heterocycles. The SMILES string of the molecule is CCCCNC(=O)NCCOc1cc(C(C)(C)C)ccc1C(=O)Nc1ccncc1NC(=O)c1ccc(OC)cc1. The van der Waals surface area contributed by atoms with E-state index in [-0.39, 0.29) is 30.5 Å². The largest absolute Gasteiger partial charge is 0.497 e. The van der Waals surface area contributed by atoms with Crippen LogP contribution in [-0.2, 0) is 5.41 Å². The van der Waals surface area contributed by atoms with Gasteiger partial charge in [-0.25, -0.2) is 4.79 Å². The van der Waals surface area contributed by atoms with Crippen molar-refractivity contribution >= 4 is 29.2 Å². The molecule has 0 saturated heterocycles. The van der Waals surface area contributed by atoms with Gasteiger partial charge in [0.15, 0.2) is 0 Å². The highest BCUT2D eigenvalue weighted by Crippen LogP contribution is 2.30. The first-order valence-electron chi connectivity index (χ1n) is 13.6. The summed E-state index contributed by atoms with van der Waals surface area (Å²) in [4.78, 5) is 42.3. The average Bonchev–Trinajstić information content (AvgIpc) is 2.96. The van der Waals surface area contributed by atoms with Gasteiger partial charge >= 0.3 is 6.03 Å². The number of carbonyl (C=O) groups is 3.